The van der Waals surface area contributed by atoms with Gasteiger partial charge in [0, 0.05) is 12.5 Å². The number of hydrogen-bond acceptors (Lipinski definition) is 6. The van der Waals surface area contributed by atoms with Crippen LogP contribution in [-0.4, -0.2) is 49.6 Å². The highest BCUT2D eigenvalue weighted by Gasteiger charge is 2.29. The van der Waals surface area contributed by atoms with E-state index in [-0.39, 0.29) is 31.9 Å². The summed E-state index contributed by atoms with van der Waals surface area (Å²) in [7, 11) is 1.26. The van der Waals surface area contributed by atoms with Gasteiger partial charge in [-0.1, -0.05) is 48.5 Å². The van der Waals surface area contributed by atoms with Crippen molar-refractivity contribution in [2.75, 3.05) is 20.3 Å². The van der Waals surface area contributed by atoms with E-state index in [9.17, 15) is 14.7 Å². The molecule has 3 rings (SSSR count). The van der Waals surface area contributed by atoms with Crippen LogP contribution in [0.4, 0.5) is 4.79 Å². The van der Waals surface area contributed by atoms with Crippen molar-refractivity contribution >= 4 is 12.1 Å². The first-order chi connectivity index (χ1) is 14.0. The second kappa shape index (κ2) is 9.54. The molecule has 0 spiro atoms. The second-order valence-electron chi connectivity index (χ2n) is 7.07. The lowest BCUT2D eigenvalue weighted by Gasteiger charge is -2.16. The molecule has 2 aromatic carbocycles. The van der Waals surface area contributed by atoms with Crippen molar-refractivity contribution in [1.82, 2.24) is 5.32 Å². The second-order valence-corrected chi connectivity index (χ2v) is 7.07. The summed E-state index contributed by atoms with van der Waals surface area (Å²) in [5.74, 6) is -0.544. The summed E-state index contributed by atoms with van der Waals surface area (Å²) in [5, 5.41) is 12.5. The van der Waals surface area contributed by atoms with E-state index < -0.39 is 24.2 Å². The van der Waals surface area contributed by atoms with Gasteiger partial charge in [-0.3, -0.25) is 4.79 Å². The van der Waals surface area contributed by atoms with E-state index in [1.165, 1.54) is 7.11 Å². The van der Waals surface area contributed by atoms with Crippen molar-refractivity contribution in [3.63, 3.8) is 0 Å². The van der Waals surface area contributed by atoms with Crippen molar-refractivity contribution < 1.29 is 24.2 Å². The van der Waals surface area contributed by atoms with E-state index in [4.69, 9.17) is 10.5 Å². The summed E-state index contributed by atoms with van der Waals surface area (Å²) in [4.78, 5) is 23.3. The molecule has 2 aromatic rings. The molecule has 1 amide bonds. The van der Waals surface area contributed by atoms with E-state index in [2.05, 4.69) is 34.3 Å². The number of nitrogens with two attached hydrogens (primary N) is 1. The minimum Gasteiger partial charge on any atom is -0.468 e. The molecule has 0 aromatic heterocycles. The van der Waals surface area contributed by atoms with Crippen LogP contribution in [0.15, 0.2) is 48.5 Å². The highest BCUT2D eigenvalue weighted by atomic mass is 16.5. The molecule has 0 radical (unpaired) electrons. The van der Waals surface area contributed by atoms with E-state index in [0.717, 1.165) is 22.3 Å². The fraction of sp³-hybridized carbons (Fsp3) is 0.364. The highest BCUT2D eigenvalue weighted by molar-refractivity contribution is 5.79. The third-order valence-corrected chi connectivity index (χ3v) is 5.14. The number of benzene rings is 2. The molecule has 2 atom stereocenters. The van der Waals surface area contributed by atoms with Crippen LogP contribution in [0.3, 0.4) is 0 Å². The zero-order valence-electron chi connectivity index (χ0n) is 16.3. The summed E-state index contributed by atoms with van der Waals surface area (Å²) in [6, 6.07) is 15.4. The normalized spacial score (nSPS) is 14.4. The molecule has 154 valence electrons. The number of fused-ring (bicyclic) bond motifs is 3. The lowest BCUT2D eigenvalue weighted by atomic mass is 9.98. The highest BCUT2D eigenvalue weighted by Crippen LogP contribution is 2.44. The summed E-state index contributed by atoms with van der Waals surface area (Å²) >= 11 is 0. The summed E-state index contributed by atoms with van der Waals surface area (Å²) in [6.07, 6.45) is -0.894. The Labute approximate surface area is 169 Å². The van der Waals surface area contributed by atoms with Gasteiger partial charge in [0.25, 0.3) is 0 Å². The van der Waals surface area contributed by atoms with E-state index >= 15 is 0 Å². The number of rotatable bonds is 8. The van der Waals surface area contributed by atoms with Gasteiger partial charge in [0.05, 0.1) is 13.2 Å². The van der Waals surface area contributed by atoms with Crippen LogP contribution >= 0.6 is 0 Å². The first kappa shape index (κ1) is 20.8. The van der Waals surface area contributed by atoms with Crippen molar-refractivity contribution in [3.8, 4) is 11.1 Å². The van der Waals surface area contributed by atoms with Gasteiger partial charge in [-0.15, -0.1) is 0 Å². The average molecular weight is 398 g/mol. The quantitative estimate of drug-likeness (QED) is 0.588. The number of ether oxygens (including phenoxy) is 2. The van der Waals surface area contributed by atoms with Crippen LogP contribution < -0.4 is 11.1 Å². The van der Waals surface area contributed by atoms with E-state index in [1.54, 1.807) is 0 Å². The fourth-order valence-electron chi connectivity index (χ4n) is 3.59. The predicted octanol–water partition coefficient (Wildman–Crippen LogP) is 2.17. The standard InChI is InChI=1S/C22H26N2O5/c1-28-21(26)20(23)11-10-14(25)12-24-22(27)29-13-19-17-8-4-2-6-15(17)16-7-3-5-9-18(16)19/h2-9,14,19-20,25H,10-13,23H2,1H3,(H,24,27)/t14-,20+/m1/s1. The third kappa shape index (κ3) is 4.93. The van der Waals surface area contributed by atoms with Crippen LogP contribution in [0.5, 0.6) is 0 Å². The monoisotopic (exact) mass is 398 g/mol. The van der Waals surface area contributed by atoms with E-state index in [1.807, 2.05) is 24.3 Å². The van der Waals surface area contributed by atoms with Crippen LogP contribution in [0.25, 0.3) is 11.1 Å². The number of methoxy groups -OCH3 is 1. The molecule has 7 heteroatoms. The van der Waals surface area contributed by atoms with Crippen LogP contribution in [0.1, 0.15) is 29.9 Å². The minimum absolute atomic E-state index is 0.0175. The van der Waals surface area contributed by atoms with Crippen molar-refractivity contribution in [3.05, 3.63) is 59.7 Å². The summed E-state index contributed by atoms with van der Waals surface area (Å²) in [6.45, 7) is 0.230. The number of aliphatic hydroxyl groups is 1. The SMILES string of the molecule is COC(=O)[C@@H](N)CC[C@@H](O)CNC(=O)OCC1c2ccccc2-c2ccccc21. The van der Waals surface area contributed by atoms with Gasteiger partial charge in [-0.2, -0.15) is 0 Å². The van der Waals surface area contributed by atoms with Gasteiger partial charge >= 0.3 is 12.1 Å². The topological polar surface area (TPSA) is 111 Å². The molecule has 0 unspecified atom stereocenters. The molecular weight excluding hydrogens is 372 g/mol. The Morgan fingerprint density at radius 3 is 2.24 bits per heavy atom. The average Bonchev–Trinajstić information content (AvgIpc) is 3.07. The number of esters is 1. The van der Waals surface area contributed by atoms with E-state index in [0.29, 0.717) is 0 Å². The van der Waals surface area contributed by atoms with Crippen LogP contribution in [-0.2, 0) is 14.3 Å². The molecule has 1 aliphatic carbocycles. The van der Waals surface area contributed by atoms with Crippen molar-refractivity contribution in [2.24, 2.45) is 5.73 Å². The molecule has 1 aliphatic rings. The molecule has 0 heterocycles. The Hall–Kier alpha value is -2.90. The minimum atomic E-state index is -0.828. The number of hydrogen-bond donors (Lipinski definition) is 3. The zero-order chi connectivity index (χ0) is 20.8. The van der Waals surface area contributed by atoms with Crippen molar-refractivity contribution in [2.45, 2.75) is 30.9 Å². The molecule has 0 saturated heterocycles. The summed E-state index contributed by atoms with van der Waals surface area (Å²) < 4.78 is 9.95. The first-order valence-electron chi connectivity index (χ1n) is 9.61. The van der Waals surface area contributed by atoms with Gasteiger partial charge < -0.3 is 25.6 Å². The number of nitrogens with one attached hydrogen (secondary N) is 1. The Kier molecular flexibility index (Phi) is 6.85. The van der Waals surface area contributed by atoms with Crippen LogP contribution in [0, 0.1) is 0 Å². The number of carbonyl (C=O) groups is 2. The van der Waals surface area contributed by atoms with Crippen molar-refractivity contribution in [1.29, 1.82) is 0 Å². The maximum atomic E-state index is 12.1. The first-order valence-corrected chi connectivity index (χ1v) is 9.61. The number of amides is 1. The van der Waals surface area contributed by atoms with Crippen LogP contribution in [0.2, 0.25) is 0 Å². The summed E-state index contributed by atoms with van der Waals surface area (Å²) in [5.41, 5.74) is 10.2. The molecule has 0 bridgehead atoms. The predicted molar refractivity (Wildman–Crippen MR) is 108 cm³/mol. The van der Waals surface area contributed by atoms with Gasteiger partial charge in [-0.25, -0.2) is 4.79 Å². The smallest absolute Gasteiger partial charge is 0.407 e. The van der Waals surface area contributed by atoms with Gasteiger partial charge in [0.1, 0.15) is 12.6 Å². The third-order valence-electron chi connectivity index (χ3n) is 5.14. The Bertz CT molecular complexity index is 824. The molecule has 0 aliphatic heterocycles. The lowest BCUT2D eigenvalue weighted by Crippen LogP contribution is -2.36. The molecular formula is C22H26N2O5. The molecule has 0 saturated carbocycles. The number of alkyl carbamates (subject to hydrolysis) is 1. The van der Waals surface area contributed by atoms with Gasteiger partial charge in [0.2, 0.25) is 0 Å². The fourth-order valence-corrected chi connectivity index (χ4v) is 3.59. The Morgan fingerprint density at radius 2 is 1.66 bits per heavy atom. The molecule has 4 N–H and O–H groups in total. The number of carbonyl (C=O) groups excluding carboxylic acids is 2. The number of aliphatic hydroxyl groups excluding tert-OH is 1. The lowest BCUT2D eigenvalue weighted by molar-refractivity contribution is -0.142. The molecule has 0 fully saturated rings. The largest absolute Gasteiger partial charge is 0.468 e. The molecule has 7 nitrogen and oxygen atoms in total. The Balaban J connectivity index is 1.48. The molecule has 29 heavy (non-hydrogen) atoms. The van der Waals surface area contributed by atoms with Gasteiger partial charge in [0.15, 0.2) is 0 Å². The van der Waals surface area contributed by atoms with Gasteiger partial charge in [-0.05, 0) is 35.1 Å². The maximum absolute atomic E-state index is 12.1. The zero-order valence-corrected chi connectivity index (χ0v) is 16.3. The Morgan fingerprint density at radius 1 is 1.07 bits per heavy atom. The maximum Gasteiger partial charge on any atom is 0.407 e.